The van der Waals surface area contributed by atoms with Crippen molar-refractivity contribution in [2.45, 2.75) is 6.54 Å². The van der Waals surface area contributed by atoms with Gasteiger partial charge in [0.05, 0.1) is 0 Å². The molecule has 0 spiro atoms. The molecule has 19 heavy (non-hydrogen) atoms. The first-order chi connectivity index (χ1) is 9.04. The number of hydrogen-bond acceptors (Lipinski definition) is 1. The molecule has 5 heteroatoms. The average Bonchev–Trinajstić information content (AvgIpc) is 2.39. The molecule has 0 aromatic heterocycles. The second-order valence-corrected chi connectivity index (χ2v) is 4.05. The van der Waals surface area contributed by atoms with E-state index in [1.54, 1.807) is 7.05 Å². The summed E-state index contributed by atoms with van der Waals surface area (Å²) in [4.78, 5) is 0. The summed E-state index contributed by atoms with van der Waals surface area (Å²) in [6.07, 6.45) is 0. The number of nitrogens with one attached hydrogen (secondary N) is 1. The lowest BCUT2D eigenvalue weighted by molar-refractivity contribution is 0.449. The van der Waals surface area contributed by atoms with Crippen LogP contribution in [-0.4, -0.2) is 7.05 Å². The summed E-state index contributed by atoms with van der Waals surface area (Å²) in [5.41, 5.74) is 0.628. The minimum Gasteiger partial charge on any atom is -0.316 e. The van der Waals surface area contributed by atoms with Crippen molar-refractivity contribution in [3.63, 3.8) is 0 Å². The lowest BCUT2D eigenvalue weighted by Gasteiger charge is -2.11. The van der Waals surface area contributed by atoms with Crippen LogP contribution >= 0.6 is 0 Å². The zero-order valence-electron chi connectivity index (χ0n) is 10.1. The molecule has 0 unspecified atom stereocenters. The van der Waals surface area contributed by atoms with Gasteiger partial charge in [-0.1, -0.05) is 6.07 Å². The molecule has 1 nitrogen and oxygen atoms in total. The molecule has 0 atom stereocenters. The van der Waals surface area contributed by atoms with Gasteiger partial charge in [0.1, 0.15) is 5.82 Å². The smallest absolute Gasteiger partial charge is 0.195 e. The van der Waals surface area contributed by atoms with Gasteiger partial charge < -0.3 is 5.32 Å². The van der Waals surface area contributed by atoms with Crippen LogP contribution < -0.4 is 5.32 Å². The van der Waals surface area contributed by atoms with Crippen LogP contribution in [0, 0.1) is 23.3 Å². The molecule has 0 aliphatic rings. The molecule has 0 fully saturated rings. The predicted molar refractivity (Wildman–Crippen MR) is 64.5 cm³/mol. The molecule has 0 radical (unpaired) electrons. The second-order valence-electron chi connectivity index (χ2n) is 4.05. The summed E-state index contributed by atoms with van der Waals surface area (Å²) < 4.78 is 53.2. The van der Waals surface area contributed by atoms with Crippen LogP contribution in [0.4, 0.5) is 17.6 Å². The van der Waals surface area contributed by atoms with E-state index in [4.69, 9.17) is 0 Å². The summed E-state index contributed by atoms with van der Waals surface area (Å²) in [5, 5.41) is 2.85. The maximum absolute atomic E-state index is 13.7. The summed E-state index contributed by atoms with van der Waals surface area (Å²) in [5.74, 6) is -4.72. The third kappa shape index (κ3) is 2.61. The van der Waals surface area contributed by atoms with Crippen LogP contribution in [0.2, 0.25) is 0 Å². The molecule has 2 aromatic carbocycles. The van der Waals surface area contributed by atoms with Crippen LogP contribution in [0.15, 0.2) is 30.3 Å². The van der Waals surface area contributed by atoms with E-state index in [1.807, 2.05) is 0 Å². The topological polar surface area (TPSA) is 12.0 Å². The Labute approximate surface area is 107 Å². The van der Waals surface area contributed by atoms with Gasteiger partial charge >= 0.3 is 0 Å². The number of rotatable bonds is 3. The van der Waals surface area contributed by atoms with E-state index in [0.29, 0.717) is 12.1 Å². The van der Waals surface area contributed by atoms with Gasteiger partial charge in [-0.2, -0.15) is 0 Å². The van der Waals surface area contributed by atoms with Crippen molar-refractivity contribution >= 4 is 0 Å². The second kappa shape index (κ2) is 5.40. The fourth-order valence-corrected chi connectivity index (χ4v) is 1.88. The third-order valence-corrected chi connectivity index (χ3v) is 2.76. The summed E-state index contributed by atoms with van der Waals surface area (Å²) >= 11 is 0. The first-order valence-corrected chi connectivity index (χ1v) is 5.61. The Kier molecular flexibility index (Phi) is 3.85. The molecule has 0 amide bonds. The Hall–Kier alpha value is -1.88. The fraction of sp³-hybridized carbons (Fsp3) is 0.143. The fourth-order valence-electron chi connectivity index (χ4n) is 1.88. The van der Waals surface area contributed by atoms with Gasteiger partial charge in [-0.25, -0.2) is 17.6 Å². The van der Waals surface area contributed by atoms with Crippen LogP contribution in [0.3, 0.4) is 0 Å². The normalized spacial score (nSPS) is 10.8. The summed E-state index contributed by atoms with van der Waals surface area (Å²) in [6, 6.07) is 5.72. The highest BCUT2D eigenvalue weighted by Gasteiger charge is 2.17. The van der Waals surface area contributed by atoms with Crippen molar-refractivity contribution < 1.29 is 17.6 Å². The molecule has 0 bridgehead atoms. The Balaban J connectivity index is 2.64. The maximum Gasteiger partial charge on any atom is 0.195 e. The lowest BCUT2D eigenvalue weighted by Crippen LogP contribution is -2.07. The number of benzene rings is 2. The highest BCUT2D eigenvalue weighted by Crippen LogP contribution is 2.29. The first-order valence-electron chi connectivity index (χ1n) is 5.61. The van der Waals surface area contributed by atoms with Crippen molar-refractivity contribution in [2.75, 3.05) is 7.05 Å². The molecule has 1 N–H and O–H groups in total. The van der Waals surface area contributed by atoms with Crippen molar-refractivity contribution in [3.05, 3.63) is 59.2 Å². The maximum atomic E-state index is 13.7. The van der Waals surface area contributed by atoms with Gasteiger partial charge in [-0.15, -0.1) is 0 Å². The molecule has 0 heterocycles. The largest absolute Gasteiger partial charge is 0.316 e. The van der Waals surface area contributed by atoms with Crippen LogP contribution in [0.5, 0.6) is 0 Å². The minimum absolute atomic E-state index is 0.163. The SMILES string of the molecule is CNCc1ccc(F)cc1-c1ccc(F)c(F)c1F. The van der Waals surface area contributed by atoms with Gasteiger partial charge in [0.2, 0.25) is 0 Å². The van der Waals surface area contributed by atoms with E-state index in [0.717, 1.165) is 18.2 Å². The van der Waals surface area contributed by atoms with Crippen molar-refractivity contribution in [2.24, 2.45) is 0 Å². The van der Waals surface area contributed by atoms with Gasteiger partial charge in [0, 0.05) is 12.1 Å². The molecule has 2 aromatic rings. The van der Waals surface area contributed by atoms with E-state index < -0.39 is 23.3 Å². The molecular weight excluding hydrogens is 258 g/mol. The van der Waals surface area contributed by atoms with Crippen LogP contribution in [0.1, 0.15) is 5.56 Å². The molecule has 100 valence electrons. The lowest BCUT2D eigenvalue weighted by atomic mass is 9.98. The monoisotopic (exact) mass is 269 g/mol. The molecule has 0 aliphatic carbocycles. The Morgan fingerprint density at radius 2 is 1.63 bits per heavy atom. The first kappa shape index (κ1) is 13.5. The number of hydrogen-bond donors (Lipinski definition) is 1. The predicted octanol–water partition coefficient (Wildman–Crippen LogP) is 3.63. The quantitative estimate of drug-likeness (QED) is 0.662. The van der Waals surface area contributed by atoms with Crippen molar-refractivity contribution in [3.8, 4) is 11.1 Å². The van der Waals surface area contributed by atoms with Gasteiger partial charge in [-0.3, -0.25) is 0 Å². The van der Waals surface area contributed by atoms with E-state index in [9.17, 15) is 17.6 Å². The minimum atomic E-state index is -1.56. The van der Waals surface area contributed by atoms with Crippen LogP contribution in [0.25, 0.3) is 11.1 Å². The third-order valence-electron chi connectivity index (χ3n) is 2.76. The van der Waals surface area contributed by atoms with Gasteiger partial charge in [0.15, 0.2) is 17.5 Å². The van der Waals surface area contributed by atoms with Gasteiger partial charge in [0.25, 0.3) is 0 Å². The Morgan fingerprint density at radius 1 is 0.895 bits per heavy atom. The highest BCUT2D eigenvalue weighted by molar-refractivity contribution is 5.68. The van der Waals surface area contributed by atoms with E-state index >= 15 is 0 Å². The Bertz CT molecular complexity index is 611. The standard InChI is InChI=1S/C14H11F4N/c1-19-7-8-2-3-9(15)6-11(8)10-4-5-12(16)14(18)13(10)17/h2-6,19H,7H2,1H3. The van der Waals surface area contributed by atoms with E-state index in [-0.39, 0.29) is 11.1 Å². The molecule has 0 aliphatic heterocycles. The van der Waals surface area contributed by atoms with Gasteiger partial charge in [-0.05, 0) is 42.4 Å². The van der Waals surface area contributed by atoms with Crippen molar-refractivity contribution in [1.29, 1.82) is 0 Å². The van der Waals surface area contributed by atoms with E-state index in [1.165, 1.54) is 12.1 Å². The molecular formula is C14H11F4N. The summed E-state index contributed by atoms with van der Waals surface area (Å²) in [6.45, 7) is 0.355. The molecule has 2 rings (SSSR count). The number of halogens is 4. The van der Waals surface area contributed by atoms with E-state index in [2.05, 4.69) is 5.32 Å². The molecule has 0 saturated heterocycles. The van der Waals surface area contributed by atoms with Crippen molar-refractivity contribution in [1.82, 2.24) is 5.32 Å². The average molecular weight is 269 g/mol. The molecule has 0 saturated carbocycles. The zero-order chi connectivity index (χ0) is 14.0. The van der Waals surface area contributed by atoms with Crippen LogP contribution in [-0.2, 0) is 6.54 Å². The highest BCUT2D eigenvalue weighted by atomic mass is 19.2. The Morgan fingerprint density at radius 3 is 2.32 bits per heavy atom. The summed E-state index contributed by atoms with van der Waals surface area (Å²) in [7, 11) is 1.68. The zero-order valence-corrected chi connectivity index (χ0v) is 10.1.